The van der Waals surface area contributed by atoms with Gasteiger partial charge in [-0.1, -0.05) is 22.9 Å². The molecule has 0 aromatic carbocycles. The highest BCUT2D eigenvalue weighted by atomic mass is 79.9. The van der Waals surface area contributed by atoms with Crippen molar-refractivity contribution in [1.29, 1.82) is 0 Å². The van der Waals surface area contributed by atoms with E-state index in [0.29, 0.717) is 10.7 Å². The first-order valence-electron chi connectivity index (χ1n) is 6.58. The number of piperidine rings is 1. The van der Waals surface area contributed by atoms with Gasteiger partial charge in [0.15, 0.2) is 11.6 Å². The largest absolute Gasteiger partial charge is 0.487 e. The van der Waals surface area contributed by atoms with Gasteiger partial charge in [0.2, 0.25) is 0 Å². The number of ether oxygens (including phenoxy) is 1. The standard InChI is InChI=1S/C14H21BrN2O/c1-10(2)18-13-5-4-7-16-14(13)17-8-6-12(15)11(3)9-17/h4-5,7,10-12H,6,8-9H2,1-3H3. The van der Waals surface area contributed by atoms with E-state index in [2.05, 4.69) is 32.7 Å². The normalized spacial score (nSPS) is 24.4. The minimum absolute atomic E-state index is 0.180. The molecular formula is C14H21BrN2O. The molecule has 1 aromatic rings. The molecule has 0 N–H and O–H groups in total. The molecule has 2 unspecified atom stereocenters. The van der Waals surface area contributed by atoms with Crippen LogP contribution in [0.1, 0.15) is 27.2 Å². The number of nitrogens with zero attached hydrogens (tertiary/aromatic N) is 2. The van der Waals surface area contributed by atoms with Gasteiger partial charge in [-0.2, -0.15) is 0 Å². The van der Waals surface area contributed by atoms with Crippen molar-refractivity contribution < 1.29 is 4.74 Å². The van der Waals surface area contributed by atoms with Crippen molar-refractivity contribution in [3.05, 3.63) is 18.3 Å². The van der Waals surface area contributed by atoms with E-state index in [1.54, 1.807) is 0 Å². The van der Waals surface area contributed by atoms with Crippen LogP contribution in [0, 0.1) is 5.92 Å². The highest BCUT2D eigenvalue weighted by Gasteiger charge is 2.26. The Morgan fingerprint density at radius 2 is 2.28 bits per heavy atom. The summed E-state index contributed by atoms with van der Waals surface area (Å²) in [6.45, 7) is 8.43. The first-order valence-corrected chi connectivity index (χ1v) is 7.50. The van der Waals surface area contributed by atoms with Crippen LogP contribution in [-0.4, -0.2) is 29.0 Å². The molecular weight excluding hydrogens is 292 g/mol. The predicted octanol–water partition coefficient (Wildman–Crippen LogP) is 3.48. The van der Waals surface area contributed by atoms with Crippen molar-refractivity contribution in [3.8, 4) is 5.75 Å². The minimum atomic E-state index is 0.180. The van der Waals surface area contributed by atoms with Crippen molar-refractivity contribution in [2.45, 2.75) is 38.1 Å². The van der Waals surface area contributed by atoms with E-state index in [1.165, 1.54) is 0 Å². The van der Waals surface area contributed by atoms with Gasteiger partial charge >= 0.3 is 0 Å². The molecule has 1 aliphatic rings. The number of halogens is 1. The molecule has 2 rings (SSSR count). The third-order valence-electron chi connectivity index (χ3n) is 3.21. The Kier molecular flexibility index (Phi) is 4.49. The average molecular weight is 313 g/mol. The number of pyridine rings is 1. The molecule has 0 bridgehead atoms. The molecule has 0 aliphatic carbocycles. The van der Waals surface area contributed by atoms with E-state index in [0.717, 1.165) is 31.1 Å². The van der Waals surface area contributed by atoms with Crippen LogP contribution in [0.4, 0.5) is 5.82 Å². The Morgan fingerprint density at radius 1 is 1.50 bits per heavy atom. The zero-order valence-corrected chi connectivity index (χ0v) is 12.9. The fraction of sp³-hybridized carbons (Fsp3) is 0.643. The summed E-state index contributed by atoms with van der Waals surface area (Å²) in [5.41, 5.74) is 0. The molecule has 1 aromatic heterocycles. The number of aromatic nitrogens is 1. The van der Waals surface area contributed by atoms with Crippen LogP contribution in [0.25, 0.3) is 0 Å². The molecule has 1 fully saturated rings. The molecule has 0 spiro atoms. The SMILES string of the molecule is CC(C)Oc1cccnc1N1CCC(Br)C(C)C1. The van der Waals surface area contributed by atoms with Crippen LogP contribution in [0.3, 0.4) is 0 Å². The highest BCUT2D eigenvalue weighted by Crippen LogP contribution is 2.32. The minimum Gasteiger partial charge on any atom is -0.487 e. The van der Waals surface area contributed by atoms with Gasteiger partial charge in [-0.15, -0.1) is 0 Å². The highest BCUT2D eigenvalue weighted by molar-refractivity contribution is 9.09. The third-order valence-corrected chi connectivity index (χ3v) is 4.57. The molecule has 18 heavy (non-hydrogen) atoms. The van der Waals surface area contributed by atoms with Gasteiger partial charge in [-0.05, 0) is 38.3 Å². The summed E-state index contributed by atoms with van der Waals surface area (Å²) in [5.74, 6) is 2.51. The van der Waals surface area contributed by atoms with Crippen molar-refractivity contribution in [2.24, 2.45) is 5.92 Å². The van der Waals surface area contributed by atoms with Gasteiger partial charge in [0.05, 0.1) is 6.10 Å². The molecule has 1 aliphatic heterocycles. The Labute approximate surface area is 118 Å². The van der Waals surface area contributed by atoms with Gasteiger partial charge in [0, 0.05) is 24.1 Å². The summed E-state index contributed by atoms with van der Waals surface area (Å²) in [6.07, 6.45) is 3.17. The Morgan fingerprint density at radius 3 is 2.94 bits per heavy atom. The van der Waals surface area contributed by atoms with Gasteiger partial charge in [-0.25, -0.2) is 4.98 Å². The summed E-state index contributed by atoms with van der Waals surface area (Å²) >= 11 is 3.73. The second kappa shape index (κ2) is 5.91. The quantitative estimate of drug-likeness (QED) is 0.799. The lowest BCUT2D eigenvalue weighted by atomic mass is 10.00. The van der Waals surface area contributed by atoms with E-state index in [4.69, 9.17) is 4.74 Å². The maximum absolute atomic E-state index is 5.84. The van der Waals surface area contributed by atoms with Crippen molar-refractivity contribution in [1.82, 2.24) is 4.98 Å². The molecule has 100 valence electrons. The van der Waals surface area contributed by atoms with Crippen LogP contribution in [-0.2, 0) is 0 Å². The lowest BCUT2D eigenvalue weighted by Gasteiger charge is -2.35. The monoisotopic (exact) mass is 312 g/mol. The lowest BCUT2D eigenvalue weighted by Crippen LogP contribution is -2.40. The molecule has 0 amide bonds. The van der Waals surface area contributed by atoms with Crippen LogP contribution in [0.5, 0.6) is 5.75 Å². The molecule has 3 nitrogen and oxygen atoms in total. The maximum Gasteiger partial charge on any atom is 0.171 e. The number of rotatable bonds is 3. The fourth-order valence-corrected chi connectivity index (χ4v) is 2.65. The summed E-state index contributed by atoms with van der Waals surface area (Å²) in [4.78, 5) is 7.45. The third kappa shape index (κ3) is 3.16. The molecule has 0 saturated carbocycles. The lowest BCUT2D eigenvalue weighted by molar-refractivity contribution is 0.241. The first-order chi connectivity index (χ1) is 8.58. The van der Waals surface area contributed by atoms with Gasteiger partial charge in [-0.3, -0.25) is 0 Å². The number of anilines is 1. The Hall–Kier alpha value is -0.770. The molecule has 1 saturated heterocycles. The molecule has 0 radical (unpaired) electrons. The molecule has 4 heteroatoms. The zero-order valence-electron chi connectivity index (χ0n) is 11.3. The Balaban J connectivity index is 2.17. The summed E-state index contributed by atoms with van der Waals surface area (Å²) in [6, 6.07) is 3.94. The predicted molar refractivity (Wildman–Crippen MR) is 78.7 cm³/mol. The fourth-order valence-electron chi connectivity index (χ4n) is 2.27. The zero-order chi connectivity index (χ0) is 13.1. The van der Waals surface area contributed by atoms with Crippen molar-refractivity contribution in [2.75, 3.05) is 18.0 Å². The average Bonchev–Trinajstić information content (AvgIpc) is 2.33. The molecule has 2 heterocycles. The number of hydrogen-bond donors (Lipinski definition) is 0. The van der Waals surface area contributed by atoms with Crippen molar-refractivity contribution in [3.63, 3.8) is 0 Å². The van der Waals surface area contributed by atoms with E-state index >= 15 is 0 Å². The second-order valence-corrected chi connectivity index (χ2v) is 6.40. The summed E-state index contributed by atoms with van der Waals surface area (Å²) < 4.78 is 5.84. The first kappa shape index (κ1) is 13.7. The number of alkyl halides is 1. The van der Waals surface area contributed by atoms with Crippen LogP contribution >= 0.6 is 15.9 Å². The van der Waals surface area contributed by atoms with E-state index in [-0.39, 0.29) is 6.10 Å². The summed E-state index contributed by atoms with van der Waals surface area (Å²) in [7, 11) is 0. The van der Waals surface area contributed by atoms with E-state index < -0.39 is 0 Å². The van der Waals surface area contributed by atoms with E-state index in [1.807, 2.05) is 32.2 Å². The smallest absolute Gasteiger partial charge is 0.171 e. The maximum atomic E-state index is 5.84. The molecule has 2 atom stereocenters. The van der Waals surface area contributed by atoms with E-state index in [9.17, 15) is 0 Å². The van der Waals surface area contributed by atoms with Gasteiger partial charge < -0.3 is 9.64 Å². The number of hydrogen-bond acceptors (Lipinski definition) is 3. The summed E-state index contributed by atoms with van der Waals surface area (Å²) in [5, 5.41) is 0. The Bertz CT molecular complexity index is 397. The topological polar surface area (TPSA) is 25.4 Å². The van der Waals surface area contributed by atoms with Crippen LogP contribution < -0.4 is 9.64 Å². The van der Waals surface area contributed by atoms with Gasteiger partial charge in [0.25, 0.3) is 0 Å². The van der Waals surface area contributed by atoms with Gasteiger partial charge in [0.1, 0.15) is 0 Å². The van der Waals surface area contributed by atoms with Crippen LogP contribution in [0.2, 0.25) is 0 Å². The second-order valence-electron chi connectivity index (χ2n) is 5.22. The van der Waals surface area contributed by atoms with Crippen molar-refractivity contribution >= 4 is 21.7 Å². The van der Waals surface area contributed by atoms with Crippen LogP contribution in [0.15, 0.2) is 18.3 Å².